The first kappa shape index (κ1) is 18.3. The summed E-state index contributed by atoms with van der Waals surface area (Å²) in [4.78, 5) is 16.8. The van der Waals surface area contributed by atoms with Crippen LogP contribution in [0.25, 0.3) is 0 Å². The number of hydrogen-bond donors (Lipinski definition) is 1. The first-order valence-electron chi connectivity index (χ1n) is 9.15. The van der Waals surface area contributed by atoms with E-state index in [1.807, 2.05) is 12.1 Å². The van der Waals surface area contributed by atoms with Crippen LogP contribution in [0.15, 0.2) is 66.7 Å². The summed E-state index contributed by atoms with van der Waals surface area (Å²) in [7, 11) is 0. The molecule has 0 saturated carbocycles. The van der Waals surface area contributed by atoms with E-state index in [1.54, 1.807) is 30.3 Å². The number of benzene rings is 2. The Morgan fingerprint density at radius 2 is 1.50 bits per heavy atom. The van der Waals surface area contributed by atoms with Crippen molar-refractivity contribution in [1.29, 1.82) is 0 Å². The summed E-state index contributed by atoms with van der Waals surface area (Å²) in [6, 6.07) is 20.8. The molecule has 0 aliphatic carbocycles. The van der Waals surface area contributed by atoms with Crippen molar-refractivity contribution in [3.05, 3.63) is 77.3 Å². The lowest BCUT2D eigenvalue weighted by molar-refractivity contribution is 0.102. The molecule has 0 unspecified atom stereocenters. The fourth-order valence-corrected chi connectivity index (χ4v) is 3.31. The lowest BCUT2D eigenvalue weighted by atomic mass is 10.2. The SMILES string of the molecule is O=C(Nc1ccc(N2CCN(c3ccccc3)CC2)nn1)c1ccc(Cl)cc1. The van der Waals surface area contributed by atoms with Crippen LogP contribution >= 0.6 is 11.6 Å². The van der Waals surface area contributed by atoms with E-state index in [9.17, 15) is 4.79 Å². The molecule has 1 N–H and O–H groups in total. The minimum absolute atomic E-state index is 0.241. The molecule has 6 nitrogen and oxygen atoms in total. The number of carbonyl (C=O) groups is 1. The average molecular weight is 394 g/mol. The summed E-state index contributed by atoms with van der Waals surface area (Å²) in [5.41, 5.74) is 1.76. The van der Waals surface area contributed by atoms with Gasteiger partial charge in [-0.3, -0.25) is 4.79 Å². The Morgan fingerprint density at radius 3 is 2.14 bits per heavy atom. The Kier molecular flexibility index (Phi) is 5.39. The van der Waals surface area contributed by atoms with Gasteiger partial charge in [-0.2, -0.15) is 0 Å². The predicted molar refractivity (Wildman–Crippen MR) is 112 cm³/mol. The summed E-state index contributed by atoms with van der Waals surface area (Å²) >= 11 is 5.85. The maximum atomic E-state index is 12.2. The molecule has 1 amide bonds. The van der Waals surface area contributed by atoms with Crippen LogP contribution in [0.4, 0.5) is 17.3 Å². The van der Waals surface area contributed by atoms with Gasteiger partial charge in [-0.15, -0.1) is 10.2 Å². The smallest absolute Gasteiger partial charge is 0.256 e. The number of nitrogens with one attached hydrogen (secondary N) is 1. The van der Waals surface area contributed by atoms with Crippen molar-refractivity contribution in [2.75, 3.05) is 41.3 Å². The molecule has 0 spiro atoms. The predicted octanol–water partition coefficient (Wildman–Crippen LogP) is 3.71. The Balaban J connectivity index is 1.35. The molecule has 1 saturated heterocycles. The topological polar surface area (TPSA) is 61.4 Å². The Bertz CT molecular complexity index is 923. The molecule has 1 aliphatic heterocycles. The van der Waals surface area contributed by atoms with Gasteiger partial charge in [0.15, 0.2) is 11.6 Å². The highest BCUT2D eigenvalue weighted by molar-refractivity contribution is 6.30. The van der Waals surface area contributed by atoms with Crippen LogP contribution in [0.5, 0.6) is 0 Å². The molecule has 7 heteroatoms. The summed E-state index contributed by atoms with van der Waals surface area (Å²) in [6.07, 6.45) is 0. The number of amides is 1. The quantitative estimate of drug-likeness (QED) is 0.732. The second-order valence-electron chi connectivity index (χ2n) is 6.55. The van der Waals surface area contributed by atoms with Crippen molar-refractivity contribution in [3.63, 3.8) is 0 Å². The van der Waals surface area contributed by atoms with E-state index >= 15 is 0 Å². The zero-order chi connectivity index (χ0) is 19.3. The van der Waals surface area contributed by atoms with Crippen molar-refractivity contribution in [2.45, 2.75) is 0 Å². The number of carbonyl (C=O) groups excluding carboxylic acids is 1. The van der Waals surface area contributed by atoms with Gasteiger partial charge < -0.3 is 15.1 Å². The third-order valence-corrected chi connectivity index (χ3v) is 4.98. The Labute approximate surface area is 168 Å². The van der Waals surface area contributed by atoms with Crippen LogP contribution in [0, 0.1) is 0 Å². The van der Waals surface area contributed by atoms with E-state index in [2.05, 4.69) is 49.6 Å². The van der Waals surface area contributed by atoms with E-state index in [-0.39, 0.29) is 5.91 Å². The lowest BCUT2D eigenvalue weighted by Crippen LogP contribution is -2.46. The second kappa shape index (κ2) is 8.27. The van der Waals surface area contributed by atoms with Gasteiger partial charge in [0.05, 0.1) is 0 Å². The van der Waals surface area contributed by atoms with Gasteiger partial charge in [0, 0.05) is 42.5 Å². The summed E-state index contributed by atoms with van der Waals surface area (Å²) in [5, 5.41) is 11.8. The van der Waals surface area contributed by atoms with Gasteiger partial charge in [0.2, 0.25) is 0 Å². The standard InChI is InChI=1S/C21H20ClN5O/c22-17-8-6-16(7-9-17)21(28)23-19-10-11-20(25-24-19)27-14-12-26(13-15-27)18-4-2-1-3-5-18/h1-11H,12-15H2,(H,23,24,28). The second-order valence-corrected chi connectivity index (χ2v) is 6.98. The molecular weight excluding hydrogens is 374 g/mol. The van der Waals surface area contributed by atoms with Gasteiger partial charge in [-0.05, 0) is 48.5 Å². The molecule has 1 aliphatic rings. The van der Waals surface area contributed by atoms with E-state index in [4.69, 9.17) is 11.6 Å². The Morgan fingerprint density at radius 1 is 0.821 bits per heavy atom. The summed E-state index contributed by atoms with van der Waals surface area (Å²) in [5.74, 6) is 0.999. The third kappa shape index (κ3) is 4.23. The van der Waals surface area contributed by atoms with Crippen molar-refractivity contribution >= 4 is 34.8 Å². The zero-order valence-corrected chi connectivity index (χ0v) is 16.0. The number of nitrogens with zero attached hydrogens (tertiary/aromatic N) is 4. The van der Waals surface area contributed by atoms with E-state index in [0.717, 1.165) is 32.0 Å². The number of aromatic nitrogens is 2. The maximum absolute atomic E-state index is 12.2. The highest BCUT2D eigenvalue weighted by Crippen LogP contribution is 2.19. The highest BCUT2D eigenvalue weighted by Gasteiger charge is 2.18. The fraction of sp³-hybridized carbons (Fsp3) is 0.190. The van der Waals surface area contributed by atoms with Gasteiger partial charge in [0.25, 0.3) is 5.91 Å². The lowest BCUT2D eigenvalue weighted by Gasteiger charge is -2.36. The molecule has 0 atom stereocenters. The number of halogens is 1. The zero-order valence-electron chi connectivity index (χ0n) is 15.3. The van der Waals surface area contributed by atoms with Crippen molar-refractivity contribution in [1.82, 2.24) is 10.2 Å². The minimum atomic E-state index is -0.241. The summed E-state index contributed by atoms with van der Waals surface area (Å²) in [6.45, 7) is 3.61. The van der Waals surface area contributed by atoms with E-state index in [0.29, 0.717) is 16.4 Å². The highest BCUT2D eigenvalue weighted by atomic mass is 35.5. The molecule has 0 radical (unpaired) electrons. The van der Waals surface area contributed by atoms with Crippen molar-refractivity contribution in [3.8, 4) is 0 Å². The minimum Gasteiger partial charge on any atom is -0.368 e. The van der Waals surface area contributed by atoms with Crippen LogP contribution in [-0.4, -0.2) is 42.3 Å². The number of para-hydroxylation sites is 1. The van der Waals surface area contributed by atoms with Gasteiger partial charge in [0.1, 0.15) is 0 Å². The monoisotopic (exact) mass is 393 g/mol. The number of rotatable bonds is 4. The molecule has 142 valence electrons. The largest absolute Gasteiger partial charge is 0.368 e. The maximum Gasteiger partial charge on any atom is 0.256 e. The molecule has 28 heavy (non-hydrogen) atoms. The molecule has 2 heterocycles. The first-order valence-corrected chi connectivity index (χ1v) is 9.52. The summed E-state index contributed by atoms with van der Waals surface area (Å²) < 4.78 is 0. The van der Waals surface area contributed by atoms with Crippen LogP contribution in [0.2, 0.25) is 5.02 Å². The van der Waals surface area contributed by atoms with Crippen LogP contribution < -0.4 is 15.1 Å². The Hall–Kier alpha value is -3.12. The average Bonchev–Trinajstić information content (AvgIpc) is 2.75. The van der Waals surface area contributed by atoms with Gasteiger partial charge in [-0.1, -0.05) is 29.8 Å². The molecule has 1 aromatic heterocycles. The molecule has 0 bridgehead atoms. The van der Waals surface area contributed by atoms with Crippen molar-refractivity contribution in [2.24, 2.45) is 0 Å². The molecule has 4 rings (SSSR count). The van der Waals surface area contributed by atoms with Crippen LogP contribution in [0.1, 0.15) is 10.4 Å². The van der Waals surface area contributed by atoms with Gasteiger partial charge in [-0.25, -0.2) is 0 Å². The van der Waals surface area contributed by atoms with E-state index in [1.165, 1.54) is 5.69 Å². The normalized spacial score (nSPS) is 14.0. The van der Waals surface area contributed by atoms with Crippen molar-refractivity contribution < 1.29 is 4.79 Å². The number of anilines is 3. The van der Waals surface area contributed by atoms with E-state index < -0.39 is 0 Å². The van der Waals surface area contributed by atoms with Crippen LogP contribution in [-0.2, 0) is 0 Å². The first-order chi connectivity index (χ1) is 13.7. The molecular formula is C21H20ClN5O. The molecule has 1 fully saturated rings. The van der Waals surface area contributed by atoms with Gasteiger partial charge >= 0.3 is 0 Å². The fourth-order valence-electron chi connectivity index (χ4n) is 3.18. The molecule has 3 aromatic rings. The third-order valence-electron chi connectivity index (χ3n) is 4.72. The number of piperazine rings is 1. The number of hydrogen-bond acceptors (Lipinski definition) is 5. The molecule has 2 aromatic carbocycles. The van der Waals surface area contributed by atoms with Crippen LogP contribution in [0.3, 0.4) is 0 Å².